The molecule has 2 aromatic heterocycles. The van der Waals surface area contributed by atoms with Crippen LogP contribution in [0.3, 0.4) is 0 Å². The second-order valence-corrected chi connectivity index (χ2v) is 5.00. The molecule has 2 aromatic rings. The fourth-order valence-electron chi connectivity index (χ4n) is 2.26. The predicted octanol–water partition coefficient (Wildman–Crippen LogP) is 0.462. The first-order chi connectivity index (χ1) is 9.22. The van der Waals surface area contributed by atoms with Crippen LogP contribution in [0.5, 0.6) is 0 Å². The molecule has 1 atom stereocenters. The van der Waals surface area contributed by atoms with E-state index in [2.05, 4.69) is 22.3 Å². The quantitative estimate of drug-likeness (QED) is 0.870. The van der Waals surface area contributed by atoms with E-state index in [1.54, 1.807) is 4.52 Å². The van der Waals surface area contributed by atoms with E-state index in [9.17, 15) is 0 Å². The van der Waals surface area contributed by atoms with Crippen molar-refractivity contribution in [2.75, 3.05) is 38.2 Å². The van der Waals surface area contributed by atoms with Crippen LogP contribution in [0, 0.1) is 6.92 Å². The minimum atomic E-state index is 0.201. The van der Waals surface area contributed by atoms with Gasteiger partial charge in [0.25, 0.3) is 0 Å². The molecule has 3 rings (SSSR count). The van der Waals surface area contributed by atoms with Crippen molar-refractivity contribution in [1.29, 1.82) is 0 Å². The summed E-state index contributed by atoms with van der Waals surface area (Å²) < 4.78 is 7.50. The number of likely N-dealkylation sites (N-methyl/N-ethyl adjacent to an activating group) is 1. The van der Waals surface area contributed by atoms with Gasteiger partial charge >= 0.3 is 0 Å². The molecule has 1 unspecified atom stereocenters. The van der Waals surface area contributed by atoms with Crippen LogP contribution in [0.25, 0.3) is 5.65 Å². The van der Waals surface area contributed by atoms with Crippen LogP contribution >= 0.6 is 0 Å². The molecule has 0 bridgehead atoms. The molecule has 19 heavy (non-hydrogen) atoms. The molecule has 0 saturated carbocycles. The van der Waals surface area contributed by atoms with Crippen LogP contribution in [0.1, 0.15) is 5.56 Å². The van der Waals surface area contributed by atoms with E-state index in [-0.39, 0.29) is 6.10 Å². The molecule has 6 heteroatoms. The molecule has 1 aliphatic heterocycles. The molecule has 1 fully saturated rings. The highest BCUT2D eigenvalue weighted by Gasteiger charge is 2.17. The van der Waals surface area contributed by atoms with Crippen LogP contribution < -0.4 is 10.2 Å². The highest BCUT2D eigenvalue weighted by molar-refractivity contribution is 5.46. The van der Waals surface area contributed by atoms with Crippen molar-refractivity contribution in [1.82, 2.24) is 19.9 Å². The van der Waals surface area contributed by atoms with Gasteiger partial charge in [0, 0.05) is 32.9 Å². The highest BCUT2D eigenvalue weighted by atomic mass is 16.5. The largest absolute Gasteiger partial charge is 0.374 e. The Labute approximate surface area is 112 Å². The maximum Gasteiger partial charge on any atom is 0.245 e. The zero-order valence-electron chi connectivity index (χ0n) is 11.3. The Morgan fingerprint density at radius 3 is 3.26 bits per heavy atom. The van der Waals surface area contributed by atoms with Crippen molar-refractivity contribution in [3.05, 3.63) is 23.9 Å². The van der Waals surface area contributed by atoms with Gasteiger partial charge < -0.3 is 15.0 Å². The van der Waals surface area contributed by atoms with Crippen molar-refractivity contribution in [3.8, 4) is 0 Å². The van der Waals surface area contributed by atoms with Crippen LogP contribution in [0.2, 0.25) is 0 Å². The molecule has 6 nitrogen and oxygen atoms in total. The van der Waals surface area contributed by atoms with E-state index in [0.29, 0.717) is 0 Å². The predicted molar refractivity (Wildman–Crippen MR) is 73.6 cm³/mol. The lowest BCUT2D eigenvalue weighted by atomic mass is 10.3. The van der Waals surface area contributed by atoms with E-state index in [1.807, 2.05) is 30.3 Å². The average molecular weight is 261 g/mol. The summed E-state index contributed by atoms with van der Waals surface area (Å²) in [4.78, 5) is 6.58. The highest BCUT2D eigenvalue weighted by Crippen LogP contribution is 2.11. The molecular formula is C13H19N5O. The third-order valence-electron chi connectivity index (χ3n) is 3.31. The summed E-state index contributed by atoms with van der Waals surface area (Å²) in [5, 5.41) is 7.80. The van der Waals surface area contributed by atoms with E-state index in [1.165, 1.54) is 5.56 Å². The number of aromatic nitrogens is 3. The van der Waals surface area contributed by atoms with Crippen molar-refractivity contribution >= 4 is 11.6 Å². The van der Waals surface area contributed by atoms with Crippen LogP contribution in [-0.4, -0.2) is 54.0 Å². The minimum Gasteiger partial charge on any atom is -0.374 e. The maximum absolute atomic E-state index is 5.70. The van der Waals surface area contributed by atoms with Gasteiger partial charge in [0.1, 0.15) is 0 Å². The summed E-state index contributed by atoms with van der Waals surface area (Å²) in [6, 6.07) is 4.06. The number of ether oxygens (including phenoxy) is 1. The summed E-state index contributed by atoms with van der Waals surface area (Å²) in [6.07, 6.45) is 2.14. The number of nitrogens with zero attached hydrogens (tertiary/aromatic N) is 4. The average Bonchev–Trinajstić information content (AvgIpc) is 2.83. The molecular weight excluding hydrogens is 242 g/mol. The Kier molecular flexibility index (Phi) is 3.35. The monoisotopic (exact) mass is 261 g/mol. The lowest BCUT2D eigenvalue weighted by Crippen LogP contribution is -2.44. The molecule has 0 aliphatic carbocycles. The third-order valence-corrected chi connectivity index (χ3v) is 3.31. The minimum absolute atomic E-state index is 0.201. The molecule has 1 saturated heterocycles. The van der Waals surface area contributed by atoms with Gasteiger partial charge in [0.15, 0.2) is 5.65 Å². The second-order valence-electron chi connectivity index (χ2n) is 5.00. The number of fused-ring (bicyclic) bond motifs is 1. The van der Waals surface area contributed by atoms with Gasteiger partial charge in [-0.25, -0.2) is 4.52 Å². The van der Waals surface area contributed by atoms with Gasteiger partial charge in [0.2, 0.25) is 5.95 Å². The fraction of sp³-hybridized carbons (Fsp3) is 0.538. The smallest absolute Gasteiger partial charge is 0.245 e. The third kappa shape index (κ3) is 2.69. The van der Waals surface area contributed by atoms with Crippen LogP contribution in [0.15, 0.2) is 18.3 Å². The van der Waals surface area contributed by atoms with Crippen molar-refractivity contribution in [3.63, 3.8) is 0 Å². The number of nitrogens with one attached hydrogen (secondary N) is 1. The van der Waals surface area contributed by atoms with Gasteiger partial charge in [0.05, 0.1) is 12.7 Å². The topological polar surface area (TPSA) is 54.7 Å². The fourth-order valence-corrected chi connectivity index (χ4v) is 2.26. The molecule has 0 aromatic carbocycles. The molecule has 0 spiro atoms. The summed E-state index contributed by atoms with van der Waals surface area (Å²) in [6.45, 7) is 5.45. The van der Waals surface area contributed by atoms with Crippen molar-refractivity contribution < 1.29 is 4.74 Å². The lowest BCUT2D eigenvalue weighted by Gasteiger charge is -2.27. The first-order valence-corrected chi connectivity index (χ1v) is 6.59. The molecule has 102 valence electrons. The molecule has 1 aliphatic rings. The molecule has 0 amide bonds. The van der Waals surface area contributed by atoms with Gasteiger partial charge in [-0.2, -0.15) is 4.98 Å². The van der Waals surface area contributed by atoms with E-state index in [4.69, 9.17) is 4.74 Å². The standard InChI is InChI=1S/C13H19N5O/c1-10-3-5-18-12(7-10)15-13(16-18)17(2)9-11-8-14-4-6-19-11/h3,5,7,11,14H,4,6,8-9H2,1-2H3. The van der Waals surface area contributed by atoms with Gasteiger partial charge in [-0.05, 0) is 24.6 Å². The number of rotatable bonds is 3. The van der Waals surface area contributed by atoms with Gasteiger partial charge in [-0.3, -0.25) is 0 Å². The van der Waals surface area contributed by atoms with E-state index >= 15 is 0 Å². The number of morpholine rings is 1. The van der Waals surface area contributed by atoms with Crippen LogP contribution in [-0.2, 0) is 4.74 Å². The zero-order chi connectivity index (χ0) is 13.2. The molecule has 0 radical (unpaired) electrons. The van der Waals surface area contributed by atoms with Crippen molar-refractivity contribution in [2.24, 2.45) is 0 Å². The first kappa shape index (κ1) is 12.4. The summed E-state index contributed by atoms with van der Waals surface area (Å²) in [7, 11) is 2.00. The SMILES string of the molecule is Cc1ccn2nc(N(C)CC3CNCCO3)nc2c1. The lowest BCUT2D eigenvalue weighted by molar-refractivity contribution is 0.0338. The number of pyridine rings is 1. The van der Waals surface area contributed by atoms with E-state index < -0.39 is 0 Å². The van der Waals surface area contributed by atoms with Gasteiger partial charge in [-0.15, -0.1) is 5.10 Å². The van der Waals surface area contributed by atoms with Crippen molar-refractivity contribution in [2.45, 2.75) is 13.0 Å². The Balaban J connectivity index is 1.75. The van der Waals surface area contributed by atoms with Crippen LogP contribution in [0.4, 0.5) is 5.95 Å². The summed E-state index contributed by atoms with van der Waals surface area (Å²) in [5.74, 6) is 0.736. The Morgan fingerprint density at radius 1 is 1.58 bits per heavy atom. The normalized spacial score (nSPS) is 19.8. The first-order valence-electron chi connectivity index (χ1n) is 6.59. The van der Waals surface area contributed by atoms with Gasteiger partial charge in [-0.1, -0.05) is 0 Å². The number of aryl methyl sites for hydroxylation is 1. The maximum atomic E-state index is 5.70. The Hall–Kier alpha value is -1.66. The zero-order valence-corrected chi connectivity index (χ0v) is 11.3. The molecule has 1 N–H and O–H groups in total. The summed E-state index contributed by atoms with van der Waals surface area (Å²) in [5.41, 5.74) is 2.07. The number of hydrogen-bond donors (Lipinski definition) is 1. The summed E-state index contributed by atoms with van der Waals surface area (Å²) >= 11 is 0. The Bertz CT molecular complexity index is 561. The molecule has 3 heterocycles. The second kappa shape index (κ2) is 5.14. The Morgan fingerprint density at radius 2 is 2.47 bits per heavy atom. The number of hydrogen-bond acceptors (Lipinski definition) is 5. The number of anilines is 1. The van der Waals surface area contributed by atoms with E-state index in [0.717, 1.165) is 37.8 Å².